The highest BCUT2D eigenvalue weighted by Gasteiger charge is 1.94. The number of carboxylic acid groups (broad SMARTS) is 1. The van der Waals surface area contributed by atoms with Gasteiger partial charge in [0.2, 0.25) is 0 Å². The average Bonchev–Trinajstić information content (AvgIpc) is 2.45. The zero-order chi connectivity index (χ0) is 7.11. The van der Waals surface area contributed by atoms with E-state index in [2.05, 4.69) is 11.3 Å². The van der Waals surface area contributed by atoms with Gasteiger partial charge in [0.1, 0.15) is 0 Å². The summed E-state index contributed by atoms with van der Waals surface area (Å²) in [5, 5.41) is 7.84. The first kappa shape index (κ1) is 8.17. The lowest BCUT2D eigenvalue weighted by atomic mass is 10.4. The molecule has 52 valence electrons. The number of carbonyl (C=O) groups is 1. The van der Waals surface area contributed by atoms with Crippen molar-refractivity contribution in [3.05, 3.63) is 12.7 Å². The second kappa shape index (κ2) is 5.31. The summed E-state index contributed by atoms with van der Waals surface area (Å²) in [6.07, 6.45) is 1.41. The van der Waals surface area contributed by atoms with Crippen molar-refractivity contribution in [1.82, 2.24) is 0 Å². The van der Waals surface area contributed by atoms with Crippen molar-refractivity contribution < 1.29 is 14.6 Å². The second-order valence-corrected chi connectivity index (χ2v) is 1.50. The van der Waals surface area contributed by atoms with Crippen LogP contribution in [-0.2, 0) is 9.53 Å². The first-order valence-corrected chi connectivity index (χ1v) is 2.68. The fourth-order valence-electron chi connectivity index (χ4n) is 0.123. The van der Waals surface area contributed by atoms with Crippen LogP contribution in [0.15, 0.2) is 12.7 Å². The Morgan fingerprint density at radius 1 is 1.78 bits per heavy atom. The second-order valence-electron chi connectivity index (χ2n) is 1.50. The maximum Gasteiger partial charge on any atom is 0.307 e. The summed E-state index contributed by atoms with van der Waals surface area (Å²) < 4.78 is 4.50. The van der Waals surface area contributed by atoms with Crippen LogP contribution in [0.25, 0.3) is 0 Å². The Morgan fingerprint density at radius 3 is 2.22 bits per heavy atom. The highest BCUT2D eigenvalue weighted by molar-refractivity contribution is 5.68. The first-order valence-electron chi connectivity index (χ1n) is 2.68. The van der Waals surface area contributed by atoms with Gasteiger partial charge in [-0.1, -0.05) is 6.08 Å². The summed E-state index contributed by atoms with van der Waals surface area (Å²) in [6, 6.07) is 0. The summed E-state index contributed by atoms with van der Waals surface area (Å²) >= 11 is 0. The molecule has 0 amide bonds. The molecule has 1 heterocycles. The number of aliphatic carboxylic acids is 1. The van der Waals surface area contributed by atoms with Gasteiger partial charge in [0.25, 0.3) is 0 Å². The summed E-state index contributed by atoms with van der Waals surface area (Å²) in [5.41, 5.74) is 0. The van der Waals surface area contributed by atoms with Crippen LogP contribution in [0.3, 0.4) is 0 Å². The van der Waals surface area contributed by atoms with Crippen LogP contribution < -0.4 is 0 Å². The minimum absolute atomic E-state index is 0.0556. The van der Waals surface area contributed by atoms with E-state index in [0.29, 0.717) is 0 Å². The number of carboxylic acids is 1. The van der Waals surface area contributed by atoms with E-state index in [0.717, 1.165) is 13.2 Å². The Balaban J connectivity index is 0.000000173. The largest absolute Gasteiger partial charge is 0.481 e. The molecule has 0 unspecified atom stereocenters. The molecule has 1 aliphatic heterocycles. The maximum absolute atomic E-state index is 9.53. The minimum atomic E-state index is -0.829. The van der Waals surface area contributed by atoms with E-state index < -0.39 is 5.97 Å². The topological polar surface area (TPSA) is 49.8 Å². The average molecular weight is 130 g/mol. The molecule has 0 radical (unpaired) electrons. The van der Waals surface area contributed by atoms with Gasteiger partial charge in [-0.3, -0.25) is 4.79 Å². The van der Waals surface area contributed by atoms with Gasteiger partial charge in [-0.2, -0.15) is 0 Å². The summed E-state index contributed by atoms with van der Waals surface area (Å²) in [6.45, 7) is 5.22. The van der Waals surface area contributed by atoms with Crippen molar-refractivity contribution >= 4 is 5.97 Å². The Kier molecular flexibility index (Phi) is 4.82. The summed E-state index contributed by atoms with van der Waals surface area (Å²) in [7, 11) is 0. The van der Waals surface area contributed by atoms with Crippen LogP contribution in [0.2, 0.25) is 0 Å². The normalized spacial score (nSPS) is 12.9. The van der Waals surface area contributed by atoms with Crippen LogP contribution in [0.4, 0.5) is 0 Å². The quantitative estimate of drug-likeness (QED) is 0.441. The third-order valence-corrected chi connectivity index (χ3v) is 0.523. The molecule has 3 heteroatoms. The lowest BCUT2D eigenvalue weighted by Gasteiger charge is -1.75. The number of hydrogen-bond donors (Lipinski definition) is 1. The molecule has 0 bridgehead atoms. The Hall–Kier alpha value is -0.830. The molecule has 9 heavy (non-hydrogen) atoms. The number of rotatable bonds is 2. The van der Waals surface area contributed by atoms with E-state index in [9.17, 15) is 4.79 Å². The van der Waals surface area contributed by atoms with E-state index in [1.165, 1.54) is 6.08 Å². The molecule has 1 fully saturated rings. The number of epoxide rings is 1. The van der Waals surface area contributed by atoms with Crippen molar-refractivity contribution in [2.45, 2.75) is 6.42 Å². The summed E-state index contributed by atoms with van der Waals surface area (Å²) in [4.78, 5) is 9.53. The van der Waals surface area contributed by atoms with Crippen molar-refractivity contribution in [2.24, 2.45) is 0 Å². The fourth-order valence-corrected chi connectivity index (χ4v) is 0.123. The lowest BCUT2D eigenvalue weighted by Crippen LogP contribution is -1.88. The van der Waals surface area contributed by atoms with Crippen molar-refractivity contribution in [3.63, 3.8) is 0 Å². The Morgan fingerprint density at radius 2 is 2.22 bits per heavy atom. The van der Waals surface area contributed by atoms with Crippen LogP contribution in [0.5, 0.6) is 0 Å². The molecule has 1 saturated heterocycles. The fraction of sp³-hybridized carbons (Fsp3) is 0.500. The van der Waals surface area contributed by atoms with E-state index in [1.807, 2.05) is 0 Å². The first-order chi connectivity index (χ1) is 4.27. The zero-order valence-corrected chi connectivity index (χ0v) is 5.17. The van der Waals surface area contributed by atoms with Crippen LogP contribution in [0, 0.1) is 0 Å². The van der Waals surface area contributed by atoms with Gasteiger partial charge in [-0.15, -0.1) is 6.58 Å². The highest BCUT2D eigenvalue weighted by atomic mass is 16.6. The third kappa shape index (κ3) is 19.1. The smallest absolute Gasteiger partial charge is 0.307 e. The molecular formula is C6H10O3. The standard InChI is InChI=1S/C4H6O2.C2H4O/c1-2-3-4(5)6;1-2-3-1/h2H,1,3H2,(H,5,6);1-2H2. The predicted octanol–water partition coefficient (Wildman–Crippen LogP) is 0.664. The maximum atomic E-state index is 9.53. The van der Waals surface area contributed by atoms with E-state index >= 15 is 0 Å². The van der Waals surface area contributed by atoms with Crippen LogP contribution >= 0.6 is 0 Å². The molecule has 0 aromatic carbocycles. The molecule has 0 saturated carbocycles. The van der Waals surface area contributed by atoms with Gasteiger partial charge in [0, 0.05) is 0 Å². The van der Waals surface area contributed by atoms with Gasteiger partial charge in [0.15, 0.2) is 0 Å². The molecular weight excluding hydrogens is 120 g/mol. The van der Waals surface area contributed by atoms with Crippen molar-refractivity contribution in [2.75, 3.05) is 13.2 Å². The minimum Gasteiger partial charge on any atom is -0.481 e. The Bertz CT molecular complexity index is 93.7. The van der Waals surface area contributed by atoms with Crippen molar-refractivity contribution in [1.29, 1.82) is 0 Å². The molecule has 1 rings (SSSR count). The lowest BCUT2D eigenvalue weighted by molar-refractivity contribution is -0.135. The van der Waals surface area contributed by atoms with Gasteiger partial charge in [0.05, 0.1) is 19.6 Å². The van der Waals surface area contributed by atoms with Gasteiger partial charge in [-0.05, 0) is 0 Å². The molecule has 0 aliphatic carbocycles. The van der Waals surface area contributed by atoms with Crippen LogP contribution in [-0.4, -0.2) is 24.3 Å². The third-order valence-electron chi connectivity index (χ3n) is 0.523. The molecule has 0 spiro atoms. The number of ether oxygens (including phenoxy) is 1. The van der Waals surface area contributed by atoms with Crippen LogP contribution in [0.1, 0.15) is 6.42 Å². The monoisotopic (exact) mass is 130 g/mol. The molecule has 1 aliphatic rings. The molecule has 0 atom stereocenters. The molecule has 0 aromatic rings. The number of hydrogen-bond acceptors (Lipinski definition) is 2. The van der Waals surface area contributed by atoms with Crippen molar-refractivity contribution in [3.8, 4) is 0 Å². The summed E-state index contributed by atoms with van der Waals surface area (Å²) in [5.74, 6) is -0.829. The van der Waals surface area contributed by atoms with Gasteiger partial charge in [-0.25, -0.2) is 0 Å². The van der Waals surface area contributed by atoms with E-state index in [1.54, 1.807) is 0 Å². The molecule has 3 nitrogen and oxygen atoms in total. The molecule has 1 N–H and O–H groups in total. The zero-order valence-electron chi connectivity index (χ0n) is 5.17. The molecule has 0 aromatic heterocycles. The van der Waals surface area contributed by atoms with Gasteiger partial charge >= 0.3 is 5.97 Å². The Labute approximate surface area is 53.9 Å². The predicted molar refractivity (Wildman–Crippen MR) is 33.3 cm³/mol. The highest BCUT2D eigenvalue weighted by Crippen LogP contribution is 1.84. The van der Waals surface area contributed by atoms with Gasteiger partial charge < -0.3 is 9.84 Å². The van der Waals surface area contributed by atoms with E-state index in [4.69, 9.17) is 5.11 Å². The van der Waals surface area contributed by atoms with E-state index in [-0.39, 0.29) is 6.42 Å². The SMILES string of the molecule is C1CO1.C=CCC(=O)O.